The van der Waals surface area contributed by atoms with Gasteiger partial charge in [0, 0.05) is 0 Å². The number of hydrogen-bond donors (Lipinski definition) is 0. The summed E-state index contributed by atoms with van der Waals surface area (Å²) in [4.78, 5) is 0. The highest BCUT2D eigenvalue weighted by molar-refractivity contribution is 6.78. The minimum Gasteiger partial charge on any atom is -0.126 e. The fourth-order valence-corrected chi connectivity index (χ4v) is 1.37. The predicted molar refractivity (Wildman–Crippen MR) is 58.8 cm³/mol. The van der Waals surface area contributed by atoms with Gasteiger partial charge in [-0.25, -0.2) is 0 Å². The van der Waals surface area contributed by atoms with Crippen LogP contribution in [0.1, 0.15) is 32.6 Å². The summed E-state index contributed by atoms with van der Waals surface area (Å²) in [7, 11) is -1.12. The van der Waals surface area contributed by atoms with Gasteiger partial charge in [0.15, 0.2) is 0 Å². The summed E-state index contributed by atoms with van der Waals surface area (Å²) in [5, 5.41) is 0. The maximum Gasteiger partial charge on any atom is 0.0882 e. The molecule has 0 aliphatic rings. The zero-order chi connectivity index (χ0) is 9.45. The van der Waals surface area contributed by atoms with Gasteiger partial charge in [0.25, 0.3) is 0 Å². The Labute approximate surface area is 78.4 Å². The molecule has 0 heterocycles. The van der Waals surface area contributed by atoms with Crippen LogP contribution < -0.4 is 0 Å². The molecule has 0 aromatic rings. The molecule has 0 amide bonds. The molecule has 0 N–H and O–H groups in total. The summed E-state index contributed by atoms with van der Waals surface area (Å²) < 4.78 is 0. The zero-order valence-electron chi connectivity index (χ0n) is 8.91. The SMILES string of the molecule is CCCCCC=C=[C][Si](C)(C)C. The average Bonchev–Trinajstić information content (AvgIpc) is 1.94. The molecule has 12 heavy (non-hydrogen) atoms. The van der Waals surface area contributed by atoms with Crippen molar-refractivity contribution in [2.24, 2.45) is 0 Å². The van der Waals surface area contributed by atoms with E-state index in [1.807, 2.05) is 0 Å². The van der Waals surface area contributed by atoms with Crippen LogP contribution in [0.5, 0.6) is 0 Å². The van der Waals surface area contributed by atoms with E-state index in [9.17, 15) is 0 Å². The second kappa shape index (κ2) is 6.27. The Morgan fingerprint density at radius 2 is 1.83 bits per heavy atom. The van der Waals surface area contributed by atoms with Gasteiger partial charge in [0.2, 0.25) is 0 Å². The van der Waals surface area contributed by atoms with Gasteiger partial charge in [-0.2, -0.15) is 0 Å². The molecule has 0 saturated heterocycles. The van der Waals surface area contributed by atoms with Gasteiger partial charge < -0.3 is 0 Å². The van der Waals surface area contributed by atoms with Crippen molar-refractivity contribution in [1.29, 1.82) is 0 Å². The van der Waals surface area contributed by atoms with Gasteiger partial charge in [-0.3, -0.25) is 0 Å². The van der Waals surface area contributed by atoms with Crippen molar-refractivity contribution >= 4 is 8.07 Å². The van der Waals surface area contributed by atoms with Crippen molar-refractivity contribution in [2.45, 2.75) is 52.2 Å². The van der Waals surface area contributed by atoms with Crippen LogP contribution in [0.25, 0.3) is 0 Å². The van der Waals surface area contributed by atoms with Gasteiger partial charge in [0.1, 0.15) is 0 Å². The Bertz CT molecular complexity index is 156. The van der Waals surface area contributed by atoms with Crippen LogP contribution in [0.3, 0.4) is 0 Å². The van der Waals surface area contributed by atoms with Crippen molar-refractivity contribution in [3.8, 4) is 0 Å². The van der Waals surface area contributed by atoms with Crippen molar-refractivity contribution in [1.82, 2.24) is 0 Å². The molecular formula is C11H21Si. The average molecular weight is 181 g/mol. The summed E-state index contributed by atoms with van der Waals surface area (Å²) in [6.07, 6.45) is 7.25. The standard InChI is InChI=1S/C11H21Si/c1-5-6-7-8-9-10-11-12(2,3)4/h9H,5-8H2,1-4H3. The molecule has 0 aromatic carbocycles. The normalized spacial score (nSPS) is 10.7. The van der Waals surface area contributed by atoms with Gasteiger partial charge in [-0.15, -0.1) is 5.73 Å². The highest BCUT2D eigenvalue weighted by Gasteiger charge is 2.06. The van der Waals surface area contributed by atoms with Crippen molar-refractivity contribution in [3.63, 3.8) is 0 Å². The largest absolute Gasteiger partial charge is 0.126 e. The summed E-state index contributed by atoms with van der Waals surface area (Å²) in [5.41, 5.74) is 6.50. The summed E-state index contributed by atoms with van der Waals surface area (Å²) in [5.74, 6) is 0. The fourth-order valence-electron chi connectivity index (χ4n) is 0.836. The molecule has 69 valence electrons. The maximum absolute atomic E-state index is 3.33. The quantitative estimate of drug-likeness (QED) is 0.342. The molecule has 0 fully saturated rings. The Morgan fingerprint density at radius 3 is 2.33 bits per heavy atom. The lowest BCUT2D eigenvalue weighted by Crippen LogP contribution is -2.15. The topological polar surface area (TPSA) is 0 Å². The predicted octanol–water partition coefficient (Wildman–Crippen LogP) is 3.96. The Kier molecular flexibility index (Phi) is 6.14. The van der Waals surface area contributed by atoms with Gasteiger partial charge in [0.05, 0.1) is 8.07 Å². The first-order valence-corrected chi connectivity index (χ1v) is 8.40. The molecule has 0 aliphatic heterocycles. The van der Waals surface area contributed by atoms with Gasteiger partial charge in [-0.05, 0) is 24.6 Å². The van der Waals surface area contributed by atoms with Crippen LogP contribution in [0.2, 0.25) is 19.6 Å². The van der Waals surface area contributed by atoms with Crippen LogP contribution >= 0.6 is 0 Å². The van der Waals surface area contributed by atoms with Crippen LogP contribution in [-0.4, -0.2) is 8.07 Å². The molecule has 0 spiro atoms. The monoisotopic (exact) mass is 181 g/mol. The van der Waals surface area contributed by atoms with E-state index in [4.69, 9.17) is 0 Å². The Hall–Kier alpha value is -0.263. The van der Waals surface area contributed by atoms with E-state index in [0.717, 1.165) is 0 Å². The molecule has 1 radical (unpaired) electrons. The number of rotatable bonds is 5. The van der Waals surface area contributed by atoms with E-state index in [1.165, 1.54) is 25.7 Å². The minimum atomic E-state index is -1.12. The molecule has 0 aromatic heterocycles. The molecule has 0 nitrogen and oxygen atoms in total. The molecular weight excluding hydrogens is 160 g/mol. The number of hydrogen-bond acceptors (Lipinski definition) is 0. The first-order valence-electron chi connectivity index (χ1n) is 4.90. The third kappa shape index (κ3) is 9.74. The van der Waals surface area contributed by atoms with Crippen LogP contribution in [-0.2, 0) is 0 Å². The fraction of sp³-hybridized carbons (Fsp3) is 0.727. The number of unbranched alkanes of at least 4 members (excludes halogenated alkanes) is 3. The first kappa shape index (κ1) is 11.7. The van der Waals surface area contributed by atoms with E-state index in [1.54, 1.807) is 0 Å². The van der Waals surface area contributed by atoms with Crippen molar-refractivity contribution in [3.05, 3.63) is 17.5 Å². The highest BCUT2D eigenvalue weighted by Crippen LogP contribution is 2.01. The molecule has 1 heteroatoms. The van der Waals surface area contributed by atoms with E-state index >= 15 is 0 Å². The molecule has 0 unspecified atom stereocenters. The van der Waals surface area contributed by atoms with Crippen LogP contribution in [0.15, 0.2) is 11.8 Å². The second-order valence-corrected chi connectivity index (χ2v) is 8.97. The van der Waals surface area contributed by atoms with Crippen LogP contribution in [0.4, 0.5) is 0 Å². The van der Waals surface area contributed by atoms with E-state index in [2.05, 4.69) is 44.1 Å². The van der Waals surface area contributed by atoms with Crippen LogP contribution in [0, 0.1) is 5.70 Å². The Morgan fingerprint density at radius 1 is 1.17 bits per heavy atom. The molecule has 0 aliphatic carbocycles. The smallest absolute Gasteiger partial charge is 0.0882 e. The van der Waals surface area contributed by atoms with E-state index in [-0.39, 0.29) is 0 Å². The first-order chi connectivity index (χ1) is 5.56. The highest BCUT2D eigenvalue weighted by atomic mass is 28.3. The lowest BCUT2D eigenvalue weighted by Gasteiger charge is -2.03. The van der Waals surface area contributed by atoms with Gasteiger partial charge in [-0.1, -0.05) is 39.4 Å². The Balaban J connectivity index is 3.55. The zero-order valence-corrected chi connectivity index (χ0v) is 9.91. The lowest BCUT2D eigenvalue weighted by molar-refractivity contribution is 0.729. The third-order valence-corrected chi connectivity index (χ3v) is 2.40. The maximum atomic E-state index is 3.33. The summed E-state index contributed by atoms with van der Waals surface area (Å²) >= 11 is 0. The van der Waals surface area contributed by atoms with Crippen molar-refractivity contribution < 1.29 is 0 Å². The second-order valence-electron chi connectivity index (χ2n) is 4.22. The number of allylic oxidation sites excluding steroid dienone is 1. The minimum absolute atomic E-state index is 1.12. The van der Waals surface area contributed by atoms with E-state index in [0.29, 0.717) is 0 Å². The van der Waals surface area contributed by atoms with Gasteiger partial charge >= 0.3 is 0 Å². The van der Waals surface area contributed by atoms with Crippen molar-refractivity contribution in [2.75, 3.05) is 0 Å². The summed E-state index contributed by atoms with van der Waals surface area (Å²) in [6, 6.07) is 0. The molecule has 0 atom stereocenters. The summed E-state index contributed by atoms with van der Waals surface area (Å²) in [6.45, 7) is 9.06. The molecule has 0 rings (SSSR count). The molecule has 0 saturated carbocycles. The lowest BCUT2D eigenvalue weighted by atomic mass is 10.2. The third-order valence-electron chi connectivity index (χ3n) is 1.50. The van der Waals surface area contributed by atoms with E-state index < -0.39 is 8.07 Å². The molecule has 0 bridgehead atoms.